The van der Waals surface area contributed by atoms with Crippen LogP contribution in [0.4, 0.5) is 0 Å². The van der Waals surface area contributed by atoms with Crippen LogP contribution in [-0.4, -0.2) is 25.5 Å². The lowest BCUT2D eigenvalue weighted by molar-refractivity contribution is -0.118. The van der Waals surface area contributed by atoms with E-state index in [1.807, 2.05) is 0 Å². The predicted molar refractivity (Wildman–Crippen MR) is 44.3 cm³/mol. The molecule has 2 N–H and O–H groups in total. The highest BCUT2D eigenvalue weighted by atomic mass is 16.1. The van der Waals surface area contributed by atoms with Crippen LogP contribution >= 0.6 is 0 Å². The van der Waals surface area contributed by atoms with Crippen molar-refractivity contribution in [1.29, 1.82) is 0 Å². The first-order chi connectivity index (χ1) is 5.29. The Balaban J connectivity index is 2.24. The van der Waals surface area contributed by atoms with Gasteiger partial charge in [-0.25, -0.2) is 0 Å². The maximum absolute atomic E-state index is 10.5. The number of rotatable bonds is 2. The molecule has 0 radical (unpaired) electrons. The van der Waals surface area contributed by atoms with E-state index in [2.05, 4.69) is 16.7 Å². The van der Waals surface area contributed by atoms with Gasteiger partial charge in [0.25, 0.3) is 0 Å². The molecule has 1 heterocycles. The van der Waals surface area contributed by atoms with Crippen molar-refractivity contribution in [2.24, 2.45) is 0 Å². The molecule has 0 aromatic carbocycles. The average Bonchev–Trinajstić information content (AvgIpc) is 2.03. The van der Waals surface area contributed by atoms with Gasteiger partial charge in [-0.1, -0.05) is 11.6 Å². The molecule has 0 aromatic rings. The minimum absolute atomic E-state index is 0.0458. The Bertz CT molecular complexity index is 175. The maximum atomic E-state index is 10.5. The van der Waals surface area contributed by atoms with Gasteiger partial charge < -0.3 is 10.6 Å². The normalized spacial score (nSPS) is 17.4. The van der Waals surface area contributed by atoms with Gasteiger partial charge in [0.2, 0.25) is 5.91 Å². The summed E-state index contributed by atoms with van der Waals surface area (Å²) in [6, 6.07) is 0. The van der Waals surface area contributed by atoms with Gasteiger partial charge in [0.1, 0.15) is 0 Å². The molecule has 11 heavy (non-hydrogen) atoms. The second kappa shape index (κ2) is 4.13. The second-order valence-corrected chi connectivity index (χ2v) is 2.73. The highest BCUT2D eigenvalue weighted by molar-refractivity contribution is 5.73. The Kier molecular flexibility index (Phi) is 3.11. The lowest BCUT2D eigenvalue weighted by Crippen LogP contribution is -2.28. The fourth-order valence-electron chi connectivity index (χ4n) is 1.07. The first-order valence-corrected chi connectivity index (χ1v) is 3.92. The van der Waals surface area contributed by atoms with Gasteiger partial charge in [-0.15, -0.1) is 0 Å². The van der Waals surface area contributed by atoms with E-state index in [-0.39, 0.29) is 5.91 Å². The summed E-state index contributed by atoms with van der Waals surface area (Å²) in [5.74, 6) is 0.0458. The van der Waals surface area contributed by atoms with Crippen LogP contribution in [0.3, 0.4) is 0 Å². The fourth-order valence-corrected chi connectivity index (χ4v) is 1.07. The number of nitrogens with one attached hydrogen (secondary N) is 2. The highest BCUT2D eigenvalue weighted by Gasteiger charge is 2.02. The summed E-state index contributed by atoms with van der Waals surface area (Å²) in [6.07, 6.45) is 3.19. The Hall–Kier alpha value is -0.830. The van der Waals surface area contributed by atoms with E-state index in [0.717, 1.165) is 26.1 Å². The van der Waals surface area contributed by atoms with Gasteiger partial charge in [-0.05, 0) is 13.0 Å². The third-order valence-electron chi connectivity index (χ3n) is 1.72. The van der Waals surface area contributed by atoms with Crippen molar-refractivity contribution < 1.29 is 4.79 Å². The first-order valence-electron chi connectivity index (χ1n) is 3.92. The smallest absolute Gasteiger partial charge is 0.217 e. The third kappa shape index (κ3) is 3.18. The number of hydrogen-bond donors (Lipinski definition) is 2. The van der Waals surface area contributed by atoms with Gasteiger partial charge in [-0.3, -0.25) is 4.79 Å². The Labute approximate surface area is 66.9 Å². The molecule has 0 saturated carbocycles. The minimum atomic E-state index is 0.0458. The topological polar surface area (TPSA) is 41.1 Å². The molecular weight excluding hydrogens is 140 g/mol. The molecule has 62 valence electrons. The Morgan fingerprint density at radius 3 is 3.18 bits per heavy atom. The molecule has 1 rings (SSSR count). The lowest BCUT2D eigenvalue weighted by atomic mass is 10.1. The zero-order valence-electron chi connectivity index (χ0n) is 6.81. The second-order valence-electron chi connectivity index (χ2n) is 2.73. The molecule has 0 saturated heterocycles. The minimum Gasteiger partial charge on any atom is -0.353 e. The zero-order valence-corrected chi connectivity index (χ0v) is 6.81. The van der Waals surface area contributed by atoms with Gasteiger partial charge in [0, 0.05) is 20.0 Å². The van der Waals surface area contributed by atoms with E-state index in [4.69, 9.17) is 0 Å². The van der Waals surface area contributed by atoms with Crippen molar-refractivity contribution >= 4 is 5.91 Å². The third-order valence-corrected chi connectivity index (χ3v) is 1.72. The van der Waals surface area contributed by atoms with Gasteiger partial charge >= 0.3 is 0 Å². The van der Waals surface area contributed by atoms with Gasteiger partial charge in [-0.2, -0.15) is 0 Å². The van der Waals surface area contributed by atoms with E-state index in [9.17, 15) is 4.79 Å². The van der Waals surface area contributed by atoms with Crippen LogP contribution in [0.1, 0.15) is 13.3 Å². The van der Waals surface area contributed by atoms with Gasteiger partial charge in [0.05, 0.1) is 0 Å². The zero-order chi connectivity index (χ0) is 8.10. The number of amides is 1. The first kappa shape index (κ1) is 8.27. The summed E-state index contributed by atoms with van der Waals surface area (Å²) >= 11 is 0. The van der Waals surface area contributed by atoms with Crippen LogP contribution < -0.4 is 10.6 Å². The maximum Gasteiger partial charge on any atom is 0.217 e. The molecule has 0 aliphatic carbocycles. The summed E-state index contributed by atoms with van der Waals surface area (Å²) in [5.41, 5.74) is 1.33. The van der Waals surface area contributed by atoms with Crippen molar-refractivity contribution in [2.75, 3.05) is 19.6 Å². The highest BCUT2D eigenvalue weighted by Crippen LogP contribution is 2.01. The van der Waals surface area contributed by atoms with E-state index in [1.54, 1.807) is 6.92 Å². The van der Waals surface area contributed by atoms with Crippen molar-refractivity contribution in [1.82, 2.24) is 10.6 Å². The summed E-state index contributed by atoms with van der Waals surface area (Å²) in [5, 5.41) is 5.99. The molecule has 0 spiro atoms. The van der Waals surface area contributed by atoms with Crippen molar-refractivity contribution in [2.45, 2.75) is 13.3 Å². The molecule has 1 amide bonds. The predicted octanol–water partition coefficient (Wildman–Crippen LogP) is 0.0422. The van der Waals surface area contributed by atoms with Crippen LogP contribution in [0.15, 0.2) is 11.6 Å². The van der Waals surface area contributed by atoms with E-state index < -0.39 is 0 Å². The fraction of sp³-hybridized carbons (Fsp3) is 0.625. The molecule has 0 atom stereocenters. The molecule has 3 nitrogen and oxygen atoms in total. The molecular formula is C8H14N2O. The van der Waals surface area contributed by atoms with E-state index >= 15 is 0 Å². The van der Waals surface area contributed by atoms with Crippen molar-refractivity contribution in [3.05, 3.63) is 11.6 Å². The number of hydrogen-bond acceptors (Lipinski definition) is 2. The Morgan fingerprint density at radius 1 is 1.82 bits per heavy atom. The van der Waals surface area contributed by atoms with Crippen LogP contribution in [0.25, 0.3) is 0 Å². The van der Waals surface area contributed by atoms with Crippen LogP contribution in [0, 0.1) is 0 Å². The molecule has 0 unspecified atom stereocenters. The van der Waals surface area contributed by atoms with E-state index in [0.29, 0.717) is 0 Å². The van der Waals surface area contributed by atoms with Crippen LogP contribution in [0.2, 0.25) is 0 Å². The molecule has 0 fully saturated rings. The van der Waals surface area contributed by atoms with Crippen LogP contribution in [0.5, 0.6) is 0 Å². The Morgan fingerprint density at radius 2 is 2.64 bits per heavy atom. The van der Waals surface area contributed by atoms with E-state index in [1.165, 1.54) is 5.57 Å². The monoisotopic (exact) mass is 154 g/mol. The molecule has 3 heteroatoms. The molecule has 1 aliphatic rings. The average molecular weight is 154 g/mol. The number of carbonyl (C=O) groups excluding carboxylic acids is 1. The summed E-state index contributed by atoms with van der Waals surface area (Å²) in [4.78, 5) is 10.5. The SMILES string of the molecule is CC(=O)NCC1=CCNCC1. The van der Waals surface area contributed by atoms with Crippen LogP contribution in [-0.2, 0) is 4.79 Å². The molecule has 0 aromatic heterocycles. The van der Waals surface area contributed by atoms with Crippen molar-refractivity contribution in [3.8, 4) is 0 Å². The standard InChI is InChI=1S/C8H14N2O/c1-7(11)10-6-8-2-4-9-5-3-8/h2,9H,3-6H2,1H3,(H,10,11). The summed E-state index contributed by atoms with van der Waals surface area (Å²) in [6.45, 7) is 4.24. The lowest BCUT2D eigenvalue weighted by Gasteiger charge is -2.13. The summed E-state index contributed by atoms with van der Waals surface area (Å²) < 4.78 is 0. The largest absolute Gasteiger partial charge is 0.353 e. The van der Waals surface area contributed by atoms with Crippen molar-refractivity contribution in [3.63, 3.8) is 0 Å². The summed E-state index contributed by atoms with van der Waals surface area (Å²) in [7, 11) is 0. The molecule has 0 bridgehead atoms. The van der Waals surface area contributed by atoms with Gasteiger partial charge in [0.15, 0.2) is 0 Å². The number of carbonyl (C=O) groups is 1. The molecule has 1 aliphatic heterocycles. The quantitative estimate of drug-likeness (QED) is 0.551.